The molecular weight excluding hydrogens is 1480 g/mol. The molecule has 6 radical (unpaired) electrons. The van der Waals surface area contributed by atoms with E-state index in [2.05, 4.69) is 0 Å². The lowest BCUT2D eigenvalue weighted by molar-refractivity contribution is -0.273. The van der Waals surface area contributed by atoms with Crippen molar-refractivity contribution in [1.29, 1.82) is 0 Å². The molecule has 14 saturated heterocycles. The van der Waals surface area contributed by atoms with Crippen LogP contribution < -0.4 is 0 Å². The first-order chi connectivity index (χ1) is 46.7. The summed E-state index contributed by atoms with van der Waals surface area (Å²) in [6.07, 6.45) is 6.76. The Bertz CT molecular complexity index is 3180. The molecule has 45 heteroatoms. The zero-order chi connectivity index (χ0) is 75.4. The minimum Gasteiger partial charge on any atom is -0.379 e. The molecule has 24 atom stereocenters. The lowest BCUT2D eigenvalue weighted by Gasteiger charge is -2.52. The normalized spacial score (nSPS) is 42.0. The van der Waals surface area contributed by atoms with Gasteiger partial charge in [-0.15, -0.1) is 0 Å². The number of rotatable bonds is 18. The summed E-state index contributed by atoms with van der Waals surface area (Å²) in [4.78, 5) is 106. The highest BCUT2D eigenvalue weighted by atomic mass is 31.2. The molecule has 0 aromatic rings. The second-order valence-electron chi connectivity index (χ2n) is 25.9. The molecule has 102 heavy (non-hydrogen) atoms. The Kier molecular flexibility index (Phi) is 31.2. The van der Waals surface area contributed by atoms with Gasteiger partial charge in [0.15, 0.2) is 0 Å². The van der Waals surface area contributed by atoms with E-state index in [-0.39, 0.29) is 126 Å². The third kappa shape index (κ3) is 22.8. The molecule has 14 fully saturated rings. The smallest absolute Gasteiger partial charge is 0.348 e. The lowest BCUT2D eigenvalue weighted by atomic mass is 9.78. The minimum atomic E-state index is -4.24. The van der Waals surface area contributed by atoms with Crippen LogP contribution in [0.3, 0.4) is 0 Å². The predicted octanol–water partition coefficient (Wildman–Crippen LogP) is 1.26. The largest absolute Gasteiger partial charge is 0.379 e. The van der Waals surface area contributed by atoms with Gasteiger partial charge >= 0.3 is 45.6 Å². The van der Waals surface area contributed by atoms with Crippen LogP contribution in [0.1, 0.15) is 53.9 Å². The maximum Gasteiger partial charge on any atom is 0.348 e. The van der Waals surface area contributed by atoms with Crippen molar-refractivity contribution in [3.05, 3.63) is 71.4 Å². The van der Waals surface area contributed by atoms with Gasteiger partial charge < -0.3 is 144 Å². The first kappa shape index (κ1) is 89.7. The molecular formula is C57H95B3O36P6. The van der Waals surface area contributed by atoms with Crippen LogP contribution >= 0.6 is 45.6 Å². The number of hydrogen-bond acceptors (Lipinski definition) is 24. The van der Waals surface area contributed by atoms with Gasteiger partial charge in [0.1, 0.15) is 99.9 Å². The highest BCUT2D eigenvalue weighted by Crippen LogP contribution is 2.51. The Morgan fingerprint density at radius 1 is 0.402 bits per heavy atom. The molecule has 0 saturated carbocycles. The van der Waals surface area contributed by atoms with Crippen LogP contribution in [-0.4, -0.2) is 308 Å². The van der Waals surface area contributed by atoms with Crippen molar-refractivity contribution in [2.24, 2.45) is 5.92 Å². The summed E-state index contributed by atoms with van der Waals surface area (Å²) < 4.78 is 164. The summed E-state index contributed by atoms with van der Waals surface area (Å²) in [5.41, 5.74) is -5.43. The van der Waals surface area contributed by atoms with E-state index in [1.807, 2.05) is 20.8 Å². The molecule has 0 amide bonds. The molecule has 14 aliphatic heterocycles. The van der Waals surface area contributed by atoms with E-state index < -0.39 is 103 Å². The summed E-state index contributed by atoms with van der Waals surface area (Å²) in [6.45, 7) is 7.82. The van der Waals surface area contributed by atoms with Crippen LogP contribution in [0.4, 0.5) is 0 Å². The Morgan fingerprint density at radius 2 is 0.814 bits per heavy atom. The van der Waals surface area contributed by atoms with Crippen molar-refractivity contribution < 1.29 is 171 Å². The van der Waals surface area contributed by atoms with Crippen LogP contribution in [0.25, 0.3) is 0 Å². The predicted molar refractivity (Wildman–Crippen MR) is 360 cm³/mol. The monoisotopic (exact) mass is 1570 g/mol. The van der Waals surface area contributed by atoms with Crippen molar-refractivity contribution in [2.45, 2.75) is 191 Å². The Morgan fingerprint density at radius 3 is 1.31 bits per heavy atom. The van der Waals surface area contributed by atoms with Gasteiger partial charge in [-0.2, -0.15) is 0 Å². The summed E-state index contributed by atoms with van der Waals surface area (Å²) >= 11 is 0. The SMILES string of the molecule is C.COC1C2OCC1(/C=C/P(=O)(O)O)OCC2C.COC1[C@@H]2OCC[C@]1(/C=C/P(=O)(O)O)O[C@H]2C.COC1[C@@H]2OC[C@]1(/C=C/P(=O)(O)O)O[C@H]2C.[B]C1CC2OCC(/C=C/P(=O)(O)O)(O1)C2OC.[B]C1O[C@@]2(/C=C/P(=O)(O)O)CO[C@@H]1C[C@@H]2OC.[B]C1O[C@@]2(/C=C/P(=O)(O)O)CO[C@@H]1[C@H](OC)C2. The Balaban J connectivity index is 0.000000192. The van der Waals surface area contributed by atoms with E-state index in [1.54, 1.807) is 21.3 Å². The van der Waals surface area contributed by atoms with Crippen LogP contribution in [0, 0.1) is 5.92 Å². The van der Waals surface area contributed by atoms with Crippen molar-refractivity contribution in [3.63, 3.8) is 0 Å². The molecule has 14 aliphatic rings. The maximum atomic E-state index is 10.9. The van der Waals surface area contributed by atoms with Gasteiger partial charge in [0.05, 0.1) is 89.0 Å². The lowest BCUT2D eigenvalue weighted by Crippen LogP contribution is -2.64. The molecule has 12 N–H and O–H groups in total. The third-order valence-electron chi connectivity index (χ3n) is 18.5. The van der Waals surface area contributed by atoms with Crippen molar-refractivity contribution in [3.8, 4) is 0 Å². The molecule has 0 spiro atoms. The zero-order valence-corrected chi connectivity index (χ0v) is 62.0. The highest BCUT2D eigenvalue weighted by Gasteiger charge is 2.61. The van der Waals surface area contributed by atoms with E-state index in [9.17, 15) is 27.4 Å². The number of fused-ring (bicyclic) bond motifs is 14. The van der Waals surface area contributed by atoms with Crippen LogP contribution in [-0.2, 0) is 113 Å². The first-order valence-corrected chi connectivity index (χ1v) is 41.5. The fourth-order valence-corrected chi connectivity index (χ4v) is 16.7. The van der Waals surface area contributed by atoms with Gasteiger partial charge in [0.2, 0.25) is 0 Å². The Labute approximate surface area is 595 Å². The van der Waals surface area contributed by atoms with Crippen molar-refractivity contribution in [2.75, 3.05) is 88.9 Å². The van der Waals surface area contributed by atoms with Gasteiger partial charge in [0, 0.05) is 121 Å². The average molecular weight is 1570 g/mol. The zero-order valence-electron chi connectivity index (χ0n) is 56.7. The van der Waals surface area contributed by atoms with Gasteiger partial charge in [-0.1, -0.05) is 14.4 Å². The molecule has 0 aliphatic carbocycles. The van der Waals surface area contributed by atoms with E-state index in [1.165, 1.54) is 57.8 Å². The van der Waals surface area contributed by atoms with Gasteiger partial charge in [0.25, 0.3) is 0 Å². The summed E-state index contributed by atoms with van der Waals surface area (Å²) in [6, 6.07) is -1.77. The molecule has 12 bridgehead atoms. The standard InChI is InChI=1S/2C10H17O6P.3C9H14BO6P.C9H15O6P.CH4/c1-7-8-9(14-2)10(16-7,3-5-15-8)4-6-17(11,12)13;1-7-5-16-10(3-4-17(11,12)13)6-15-8(7)9(10)14-2;1-14-6-4-9(2-3-17(11,12)13)5-15-7(6)8(10)16-9;1-14-8-6-4-7(10)16-9(8,5-15-6)2-3-17(11,12)13;1-14-7-4-6-8(10)16-9(7,5-15-6)2-3-17(11,12)13;1-6-7-8(13-2)9(15-6,5-14-7)3-4-16(10,11)12;/h4,6-9H,3,5H2,1-2H3,(H2,11,12,13);3-4,7-9H,5-6H2,1-2H3,(H2,11,12,13);3*2-3,6-8H,4-5H2,1H3,(H2,11,12,13);3-4,6-8H,5H2,1-2H3,(H2,10,11,12);1H4/b6-4+;4-3+;3*3-2+;4-3+;/t7-,8+,9?,10+;;6-,7-,8?,9-;;6-,7+,8?,9+;6-,7+,8?,9-;/m0.1.10./s1. The van der Waals surface area contributed by atoms with E-state index in [4.69, 9.17) is 168 Å². The summed E-state index contributed by atoms with van der Waals surface area (Å²) in [5.74, 6) is 5.24. The molecule has 14 heterocycles. The van der Waals surface area contributed by atoms with Crippen LogP contribution in [0.2, 0.25) is 0 Å². The molecule has 12 unspecified atom stereocenters. The highest BCUT2D eigenvalue weighted by molar-refractivity contribution is 7.56. The molecule has 14 rings (SSSR count). The average Bonchev–Trinajstić information content (AvgIpc) is 0.909. The number of methoxy groups -OCH3 is 6. The second kappa shape index (κ2) is 35.4. The summed E-state index contributed by atoms with van der Waals surface area (Å²) in [7, 11) is 1.15. The van der Waals surface area contributed by atoms with E-state index in [0.29, 0.717) is 38.9 Å². The van der Waals surface area contributed by atoms with Gasteiger partial charge in [-0.25, -0.2) is 0 Å². The second-order valence-corrected chi connectivity index (χ2v) is 34.8. The van der Waals surface area contributed by atoms with Gasteiger partial charge in [-0.05, 0) is 56.7 Å². The summed E-state index contributed by atoms with van der Waals surface area (Å²) in [5, 5.41) is 0. The number of hydrogen-bond donors (Lipinski definition) is 12. The van der Waals surface area contributed by atoms with Crippen molar-refractivity contribution >= 4 is 69.1 Å². The molecule has 36 nitrogen and oxygen atoms in total. The number of ether oxygens (including phenoxy) is 18. The Hall–Kier alpha value is -1.19. The third-order valence-corrected chi connectivity index (χ3v) is 21.8. The first-order valence-electron chi connectivity index (χ1n) is 31.4. The van der Waals surface area contributed by atoms with Gasteiger partial charge in [-0.3, -0.25) is 27.4 Å². The molecule has 0 aromatic heterocycles. The fourth-order valence-electron chi connectivity index (χ4n) is 14.0. The van der Waals surface area contributed by atoms with E-state index >= 15 is 0 Å². The van der Waals surface area contributed by atoms with Crippen LogP contribution in [0.5, 0.6) is 0 Å². The quantitative estimate of drug-likeness (QED) is 0.0679. The maximum absolute atomic E-state index is 10.9. The van der Waals surface area contributed by atoms with Crippen molar-refractivity contribution in [1.82, 2.24) is 0 Å². The van der Waals surface area contributed by atoms with Crippen LogP contribution in [0.15, 0.2) is 71.4 Å². The van der Waals surface area contributed by atoms with E-state index in [0.717, 1.165) is 34.9 Å². The molecule has 578 valence electrons. The molecule has 0 aromatic carbocycles. The minimum absolute atomic E-state index is 0. The topological polar surface area (TPSA) is 511 Å². The fraction of sp³-hybridized carbons (Fsp3) is 0.789.